The summed E-state index contributed by atoms with van der Waals surface area (Å²) in [5, 5.41) is 0. The van der Waals surface area contributed by atoms with Gasteiger partial charge < -0.3 is 14.8 Å². The first-order valence-corrected chi connectivity index (χ1v) is 6.90. The number of aromatic amines is 1. The monoisotopic (exact) mass is 278 g/mol. The fraction of sp³-hybridized carbons (Fsp3) is 0.643. The van der Waals surface area contributed by atoms with Crippen molar-refractivity contribution in [1.29, 1.82) is 0 Å². The second-order valence-corrected chi connectivity index (χ2v) is 5.95. The molecule has 1 aromatic heterocycles. The topological polar surface area (TPSA) is 69.3 Å². The molecule has 20 heavy (non-hydrogen) atoms. The summed E-state index contributed by atoms with van der Waals surface area (Å²) in [5.74, 6) is 0.858. The highest BCUT2D eigenvalue weighted by molar-refractivity contribution is 5.92. The minimum absolute atomic E-state index is 0.115. The molecule has 1 N–H and O–H groups in total. The van der Waals surface area contributed by atoms with E-state index in [0.29, 0.717) is 30.1 Å². The van der Waals surface area contributed by atoms with E-state index in [0.717, 1.165) is 12.7 Å². The Morgan fingerprint density at radius 3 is 2.60 bits per heavy atom. The van der Waals surface area contributed by atoms with Crippen LogP contribution in [0, 0.1) is 11.8 Å². The van der Waals surface area contributed by atoms with E-state index < -0.39 is 0 Å². The number of likely N-dealkylation sites (N-methyl/N-ethyl adjacent to an activating group) is 1. The van der Waals surface area contributed by atoms with Gasteiger partial charge in [0.15, 0.2) is 0 Å². The summed E-state index contributed by atoms with van der Waals surface area (Å²) in [4.78, 5) is 33.8. The van der Waals surface area contributed by atoms with E-state index in [1.165, 1.54) is 6.20 Å². The number of nitrogens with one attached hydrogen (secondary N) is 1. The molecular formula is C14H22N4O2. The average molecular weight is 278 g/mol. The standard InChI is InChI=1S/C14H22N4O2/c1-9(2)10-7-18(8-12(10)17(3)4)14(20)11-5-16-13(19)6-15-11/h5-6,9-10,12H,7-8H2,1-4H3,(H,16,19)/t10-,12+/m0/s1. The Balaban J connectivity index is 2.16. The summed E-state index contributed by atoms with van der Waals surface area (Å²) >= 11 is 0. The van der Waals surface area contributed by atoms with Crippen molar-refractivity contribution in [2.24, 2.45) is 11.8 Å². The first-order chi connectivity index (χ1) is 9.40. The molecule has 0 saturated carbocycles. The van der Waals surface area contributed by atoms with Gasteiger partial charge in [-0.3, -0.25) is 9.59 Å². The molecule has 0 unspecified atom stereocenters. The number of hydrogen-bond acceptors (Lipinski definition) is 4. The Labute approximate surface area is 118 Å². The van der Waals surface area contributed by atoms with Crippen LogP contribution in [0.3, 0.4) is 0 Å². The van der Waals surface area contributed by atoms with Gasteiger partial charge in [-0.05, 0) is 25.9 Å². The van der Waals surface area contributed by atoms with E-state index in [1.807, 2.05) is 19.0 Å². The third-order valence-electron chi connectivity index (χ3n) is 4.03. The number of rotatable bonds is 3. The third kappa shape index (κ3) is 2.90. The second kappa shape index (κ2) is 5.75. The maximum absolute atomic E-state index is 12.4. The molecule has 1 amide bonds. The highest BCUT2D eigenvalue weighted by Gasteiger charge is 2.38. The Morgan fingerprint density at radius 1 is 1.45 bits per heavy atom. The van der Waals surface area contributed by atoms with E-state index in [9.17, 15) is 9.59 Å². The van der Waals surface area contributed by atoms with Crippen LogP contribution >= 0.6 is 0 Å². The van der Waals surface area contributed by atoms with Gasteiger partial charge in [-0.15, -0.1) is 0 Å². The largest absolute Gasteiger partial charge is 0.335 e. The Morgan fingerprint density at radius 2 is 2.15 bits per heavy atom. The van der Waals surface area contributed by atoms with Gasteiger partial charge in [0.25, 0.3) is 11.5 Å². The van der Waals surface area contributed by atoms with Crippen molar-refractivity contribution in [1.82, 2.24) is 19.8 Å². The van der Waals surface area contributed by atoms with Crippen LogP contribution < -0.4 is 5.56 Å². The van der Waals surface area contributed by atoms with Crippen LogP contribution in [0.25, 0.3) is 0 Å². The minimum atomic E-state index is -0.297. The lowest BCUT2D eigenvalue weighted by Crippen LogP contribution is -2.37. The van der Waals surface area contributed by atoms with E-state index in [2.05, 4.69) is 28.7 Å². The van der Waals surface area contributed by atoms with Gasteiger partial charge >= 0.3 is 0 Å². The number of likely N-dealkylation sites (tertiary alicyclic amines) is 1. The van der Waals surface area contributed by atoms with E-state index >= 15 is 0 Å². The molecule has 1 aromatic rings. The van der Waals surface area contributed by atoms with E-state index in [-0.39, 0.29) is 11.5 Å². The van der Waals surface area contributed by atoms with Crippen LogP contribution in [0.15, 0.2) is 17.2 Å². The lowest BCUT2D eigenvalue weighted by molar-refractivity contribution is 0.0773. The number of H-pyrrole nitrogens is 1. The second-order valence-electron chi connectivity index (χ2n) is 5.95. The summed E-state index contributed by atoms with van der Waals surface area (Å²) < 4.78 is 0. The molecule has 6 heteroatoms. The molecule has 110 valence electrons. The van der Waals surface area contributed by atoms with Crippen molar-refractivity contribution in [3.8, 4) is 0 Å². The number of hydrogen-bond donors (Lipinski definition) is 1. The molecule has 0 aromatic carbocycles. The SMILES string of the molecule is CC(C)[C@@H]1CN(C(=O)c2c[nH]c(=O)cn2)C[C@H]1N(C)C. The van der Waals surface area contributed by atoms with E-state index in [1.54, 1.807) is 0 Å². The Kier molecular flexibility index (Phi) is 4.23. The summed E-state index contributed by atoms with van der Waals surface area (Å²) in [6.07, 6.45) is 2.53. The summed E-state index contributed by atoms with van der Waals surface area (Å²) in [6.45, 7) is 5.82. The van der Waals surface area contributed by atoms with Gasteiger partial charge in [0, 0.05) is 25.3 Å². The number of nitrogens with zero attached hydrogens (tertiary/aromatic N) is 3. The van der Waals surface area contributed by atoms with Gasteiger partial charge in [0.05, 0.1) is 6.20 Å². The fourth-order valence-electron chi connectivity index (χ4n) is 2.80. The van der Waals surface area contributed by atoms with E-state index in [4.69, 9.17) is 0 Å². The molecule has 6 nitrogen and oxygen atoms in total. The molecule has 1 aliphatic heterocycles. The molecule has 0 spiro atoms. The predicted octanol–water partition coefficient (Wildman–Crippen LogP) is 0.428. The zero-order valence-electron chi connectivity index (χ0n) is 12.5. The van der Waals surface area contributed by atoms with Crippen LogP contribution in [0.5, 0.6) is 0 Å². The molecule has 0 aliphatic carbocycles. The maximum Gasteiger partial charge on any atom is 0.274 e. The van der Waals surface area contributed by atoms with Crippen molar-refractivity contribution in [2.75, 3.05) is 27.2 Å². The molecule has 0 bridgehead atoms. The molecule has 2 atom stereocenters. The van der Waals surface area contributed by atoms with Crippen molar-refractivity contribution in [2.45, 2.75) is 19.9 Å². The van der Waals surface area contributed by atoms with Crippen LogP contribution in [0.4, 0.5) is 0 Å². The van der Waals surface area contributed by atoms with Gasteiger partial charge in [-0.25, -0.2) is 4.98 Å². The highest BCUT2D eigenvalue weighted by Crippen LogP contribution is 2.27. The predicted molar refractivity (Wildman–Crippen MR) is 76.6 cm³/mol. The quantitative estimate of drug-likeness (QED) is 0.870. The van der Waals surface area contributed by atoms with Gasteiger partial charge in [0.1, 0.15) is 5.69 Å². The number of amides is 1. The van der Waals surface area contributed by atoms with Crippen LogP contribution in [0.2, 0.25) is 0 Å². The molecular weight excluding hydrogens is 256 g/mol. The first-order valence-electron chi connectivity index (χ1n) is 6.90. The summed E-state index contributed by atoms with van der Waals surface area (Å²) in [6, 6.07) is 0.363. The lowest BCUT2D eigenvalue weighted by Gasteiger charge is -2.27. The van der Waals surface area contributed by atoms with Crippen molar-refractivity contribution >= 4 is 5.91 Å². The number of carbonyl (C=O) groups is 1. The maximum atomic E-state index is 12.4. The average Bonchev–Trinajstić information content (AvgIpc) is 2.84. The number of carbonyl (C=O) groups excluding carboxylic acids is 1. The molecule has 0 radical (unpaired) electrons. The van der Waals surface area contributed by atoms with Crippen LogP contribution in [-0.2, 0) is 0 Å². The Hall–Kier alpha value is -1.69. The zero-order valence-corrected chi connectivity index (χ0v) is 12.5. The normalized spacial score (nSPS) is 22.8. The van der Waals surface area contributed by atoms with Crippen molar-refractivity contribution in [3.05, 3.63) is 28.4 Å². The zero-order chi connectivity index (χ0) is 14.9. The molecule has 2 rings (SSSR count). The van der Waals surface area contributed by atoms with Crippen molar-refractivity contribution < 1.29 is 4.79 Å². The third-order valence-corrected chi connectivity index (χ3v) is 4.03. The molecule has 1 aliphatic rings. The van der Waals surface area contributed by atoms with Crippen molar-refractivity contribution in [3.63, 3.8) is 0 Å². The fourth-order valence-corrected chi connectivity index (χ4v) is 2.80. The Bertz CT molecular complexity index is 502. The van der Waals surface area contributed by atoms with Crippen LogP contribution in [0.1, 0.15) is 24.3 Å². The molecule has 2 heterocycles. The molecule has 1 saturated heterocycles. The molecule has 1 fully saturated rings. The minimum Gasteiger partial charge on any atom is -0.335 e. The van der Waals surface area contributed by atoms with Gasteiger partial charge in [0.2, 0.25) is 0 Å². The smallest absolute Gasteiger partial charge is 0.274 e. The summed E-state index contributed by atoms with van der Waals surface area (Å²) in [7, 11) is 4.10. The lowest BCUT2D eigenvalue weighted by atomic mass is 9.91. The van der Waals surface area contributed by atoms with Crippen LogP contribution in [-0.4, -0.2) is 58.9 Å². The highest BCUT2D eigenvalue weighted by atomic mass is 16.2. The first kappa shape index (κ1) is 14.7. The van der Waals surface area contributed by atoms with Gasteiger partial charge in [-0.2, -0.15) is 0 Å². The van der Waals surface area contributed by atoms with Gasteiger partial charge in [-0.1, -0.05) is 13.8 Å². The number of aromatic nitrogens is 2. The summed E-state index contributed by atoms with van der Waals surface area (Å²) in [5.41, 5.74) is 0.000657.